The second-order valence-electron chi connectivity index (χ2n) is 4.63. The summed E-state index contributed by atoms with van der Waals surface area (Å²) in [6.45, 7) is 2.34. The third-order valence-corrected chi connectivity index (χ3v) is 2.63. The lowest BCUT2D eigenvalue weighted by molar-refractivity contribution is -0.386. The van der Waals surface area contributed by atoms with Crippen molar-refractivity contribution < 1.29 is 14.5 Å². The lowest BCUT2D eigenvalue weighted by Crippen LogP contribution is -2.26. The zero-order chi connectivity index (χ0) is 15.3. The highest BCUT2D eigenvalue weighted by atomic mass is 16.6. The zero-order valence-electron chi connectivity index (χ0n) is 12.0. The number of carbonyl (C=O) groups excluding carboxylic acids is 1. The number of hydrogen-bond donors (Lipinski definition) is 1. The van der Waals surface area contributed by atoms with Crippen molar-refractivity contribution in [3.8, 4) is 5.75 Å². The van der Waals surface area contributed by atoms with Crippen LogP contribution in [-0.4, -0.2) is 49.5 Å². The fraction of sp³-hybridized carbons (Fsp3) is 0.462. The average molecular weight is 281 g/mol. The maximum Gasteiger partial charge on any atom is 0.310 e. The Morgan fingerprint density at radius 2 is 2.15 bits per heavy atom. The number of amides is 1. The minimum Gasteiger partial charge on any atom is -0.482 e. The summed E-state index contributed by atoms with van der Waals surface area (Å²) in [6, 6.07) is 4.13. The van der Waals surface area contributed by atoms with Crippen molar-refractivity contribution in [1.29, 1.82) is 0 Å². The van der Waals surface area contributed by atoms with Crippen molar-refractivity contribution in [2.45, 2.75) is 13.0 Å². The van der Waals surface area contributed by atoms with E-state index in [1.807, 2.05) is 0 Å². The number of benzene rings is 1. The van der Waals surface area contributed by atoms with E-state index in [2.05, 4.69) is 5.32 Å². The van der Waals surface area contributed by atoms with Crippen LogP contribution in [0.2, 0.25) is 0 Å². The normalized spacial score (nSPS) is 11.8. The Labute approximate surface area is 117 Å². The van der Waals surface area contributed by atoms with E-state index >= 15 is 0 Å². The van der Waals surface area contributed by atoms with E-state index in [1.54, 1.807) is 28.1 Å². The molecule has 20 heavy (non-hydrogen) atoms. The predicted molar refractivity (Wildman–Crippen MR) is 75.1 cm³/mol. The summed E-state index contributed by atoms with van der Waals surface area (Å²) in [6.07, 6.45) is -0.247. The van der Waals surface area contributed by atoms with Crippen LogP contribution in [0.5, 0.6) is 5.75 Å². The van der Waals surface area contributed by atoms with E-state index in [9.17, 15) is 14.9 Å². The maximum atomic E-state index is 11.9. The van der Waals surface area contributed by atoms with Gasteiger partial charge in [0.25, 0.3) is 5.91 Å². The summed E-state index contributed by atoms with van der Waals surface area (Å²) in [4.78, 5) is 23.8. The molecular formula is C13H19N3O4. The van der Waals surface area contributed by atoms with Crippen LogP contribution in [0, 0.1) is 10.1 Å². The molecule has 0 radical (unpaired) electrons. The Hall–Kier alpha value is -2.15. The van der Waals surface area contributed by atoms with Crippen molar-refractivity contribution in [1.82, 2.24) is 10.2 Å². The number of likely N-dealkylation sites (N-methyl/N-ethyl adjacent to an activating group) is 1. The first-order valence-corrected chi connectivity index (χ1v) is 6.18. The molecule has 0 bridgehead atoms. The molecule has 1 aromatic rings. The smallest absolute Gasteiger partial charge is 0.310 e. The van der Waals surface area contributed by atoms with Gasteiger partial charge >= 0.3 is 5.69 Å². The molecule has 0 saturated heterocycles. The first-order chi connectivity index (χ1) is 9.36. The highest BCUT2D eigenvalue weighted by Crippen LogP contribution is 2.29. The Balaban J connectivity index is 3.12. The average Bonchev–Trinajstić information content (AvgIpc) is 2.37. The van der Waals surface area contributed by atoms with E-state index in [-0.39, 0.29) is 23.4 Å². The van der Waals surface area contributed by atoms with Crippen LogP contribution in [-0.2, 0) is 0 Å². The Morgan fingerprint density at radius 3 is 2.65 bits per heavy atom. The standard InChI is InChI=1S/C13H19N3O4/c1-9(8-14-2)20-12-7-10(13(17)15(3)4)5-6-11(12)16(18)19/h5-7,9,14H,8H2,1-4H3. The monoisotopic (exact) mass is 281 g/mol. The fourth-order valence-electron chi connectivity index (χ4n) is 1.70. The summed E-state index contributed by atoms with van der Waals surface area (Å²) >= 11 is 0. The van der Waals surface area contributed by atoms with Crippen molar-refractivity contribution in [2.75, 3.05) is 27.7 Å². The third kappa shape index (κ3) is 3.92. The molecule has 1 atom stereocenters. The van der Waals surface area contributed by atoms with E-state index in [1.165, 1.54) is 23.1 Å². The maximum absolute atomic E-state index is 11.9. The minimum atomic E-state index is -0.522. The second-order valence-corrected chi connectivity index (χ2v) is 4.63. The lowest BCUT2D eigenvalue weighted by atomic mass is 10.1. The summed E-state index contributed by atoms with van der Waals surface area (Å²) in [5.41, 5.74) is 0.204. The van der Waals surface area contributed by atoms with Gasteiger partial charge in [-0.25, -0.2) is 0 Å². The number of nitrogens with zero attached hydrogens (tertiary/aromatic N) is 2. The number of rotatable bonds is 6. The van der Waals surface area contributed by atoms with Gasteiger partial charge in [-0.1, -0.05) is 0 Å². The van der Waals surface area contributed by atoms with E-state index in [0.717, 1.165) is 0 Å². The Morgan fingerprint density at radius 1 is 1.50 bits per heavy atom. The Kier molecular flexibility index (Phi) is 5.45. The largest absolute Gasteiger partial charge is 0.482 e. The molecule has 0 fully saturated rings. The number of hydrogen-bond acceptors (Lipinski definition) is 5. The molecule has 0 spiro atoms. The number of nitro benzene ring substituents is 1. The van der Waals surface area contributed by atoms with Gasteiger partial charge in [-0.2, -0.15) is 0 Å². The highest BCUT2D eigenvalue weighted by Gasteiger charge is 2.20. The van der Waals surface area contributed by atoms with Gasteiger partial charge in [0.15, 0.2) is 5.75 Å². The van der Waals surface area contributed by atoms with Crippen LogP contribution in [0.4, 0.5) is 5.69 Å². The molecule has 0 saturated carbocycles. The number of ether oxygens (including phenoxy) is 1. The van der Waals surface area contributed by atoms with E-state index in [0.29, 0.717) is 12.1 Å². The molecule has 0 aliphatic rings. The molecule has 0 aromatic heterocycles. The molecule has 7 heteroatoms. The SMILES string of the molecule is CNCC(C)Oc1cc(C(=O)N(C)C)ccc1[N+](=O)[O-]. The lowest BCUT2D eigenvalue weighted by Gasteiger charge is -2.16. The summed E-state index contributed by atoms with van der Waals surface area (Å²) in [5, 5.41) is 13.9. The minimum absolute atomic E-state index is 0.102. The zero-order valence-corrected chi connectivity index (χ0v) is 12.0. The number of nitro groups is 1. The van der Waals surface area contributed by atoms with Gasteiger partial charge in [0.05, 0.1) is 4.92 Å². The molecule has 0 heterocycles. The molecule has 0 aliphatic carbocycles. The topological polar surface area (TPSA) is 84.7 Å². The molecular weight excluding hydrogens is 262 g/mol. The number of nitrogens with one attached hydrogen (secondary N) is 1. The van der Waals surface area contributed by atoms with Crippen LogP contribution in [0.15, 0.2) is 18.2 Å². The first-order valence-electron chi connectivity index (χ1n) is 6.18. The van der Waals surface area contributed by atoms with Gasteiger partial charge in [-0.3, -0.25) is 14.9 Å². The summed E-state index contributed by atoms with van der Waals surface area (Å²) in [7, 11) is 5.00. The van der Waals surface area contributed by atoms with Crippen LogP contribution >= 0.6 is 0 Å². The molecule has 0 aliphatic heterocycles. The molecule has 1 rings (SSSR count). The summed E-state index contributed by atoms with van der Waals surface area (Å²) < 4.78 is 5.54. The van der Waals surface area contributed by atoms with Gasteiger partial charge < -0.3 is 15.0 Å². The van der Waals surface area contributed by atoms with Crippen molar-refractivity contribution in [2.24, 2.45) is 0 Å². The van der Waals surface area contributed by atoms with Gasteiger partial charge in [0.2, 0.25) is 0 Å². The number of carbonyl (C=O) groups is 1. The second kappa shape index (κ2) is 6.85. The van der Waals surface area contributed by atoms with Crippen LogP contribution < -0.4 is 10.1 Å². The van der Waals surface area contributed by atoms with Gasteiger partial charge in [-0.15, -0.1) is 0 Å². The van der Waals surface area contributed by atoms with Gasteiger partial charge in [-0.05, 0) is 20.0 Å². The molecule has 1 amide bonds. The third-order valence-electron chi connectivity index (χ3n) is 2.63. The molecule has 7 nitrogen and oxygen atoms in total. The van der Waals surface area contributed by atoms with Crippen LogP contribution in [0.3, 0.4) is 0 Å². The van der Waals surface area contributed by atoms with Crippen molar-refractivity contribution >= 4 is 11.6 Å². The van der Waals surface area contributed by atoms with Gasteiger partial charge in [0, 0.05) is 38.3 Å². The van der Waals surface area contributed by atoms with Crippen molar-refractivity contribution in [3.63, 3.8) is 0 Å². The molecule has 110 valence electrons. The summed E-state index contributed by atoms with van der Waals surface area (Å²) in [5.74, 6) is -0.128. The van der Waals surface area contributed by atoms with E-state index < -0.39 is 4.92 Å². The van der Waals surface area contributed by atoms with E-state index in [4.69, 9.17) is 4.74 Å². The predicted octanol–water partition coefficient (Wildman–Crippen LogP) is 1.28. The molecule has 1 unspecified atom stereocenters. The molecule has 1 N–H and O–H groups in total. The molecule has 1 aromatic carbocycles. The highest BCUT2D eigenvalue weighted by molar-refractivity contribution is 5.94. The van der Waals surface area contributed by atoms with Crippen LogP contribution in [0.1, 0.15) is 17.3 Å². The quantitative estimate of drug-likeness (QED) is 0.627. The van der Waals surface area contributed by atoms with Crippen LogP contribution in [0.25, 0.3) is 0 Å². The van der Waals surface area contributed by atoms with Gasteiger partial charge in [0.1, 0.15) is 6.10 Å². The van der Waals surface area contributed by atoms with Crippen molar-refractivity contribution in [3.05, 3.63) is 33.9 Å². The fourth-order valence-corrected chi connectivity index (χ4v) is 1.70. The Bertz CT molecular complexity index is 502. The first kappa shape index (κ1) is 15.9.